The summed E-state index contributed by atoms with van der Waals surface area (Å²) in [7, 11) is 0. The molecule has 0 aliphatic carbocycles. The van der Waals surface area contributed by atoms with E-state index < -0.39 is 12.0 Å². The van der Waals surface area contributed by atoms with Gasteiger partial charge in [-0.25, -0.2) is 0 Å². The average molecular weight is 225 g/mol. The summed E-state index contributed by atoms with van der Waals surface area (Å²) in [6.45, 7) is 2.05. The SMILES string of the molecule is CC(SCC(N)C(=O)O)c1ccccc1. The van der Waals surface area contributed by atoms with Crippen molar-refractivity contribution in [3.8, 4) is 0 Å². The minimum Gasteiger partial charge on any atom is -0.480 e. The first kappa shape index (κ1) is 12.1. The van der Waals surface area contributed by atoms with Gasteiger partial charge >= 0.3 is 5.97 Å². The van der Waals surface area contributed by atoms with Gasteiger partial charge in [-0.2, -0.15) is 11.8 Å². The van der Waals surface area contributed by atoms with Gasteiger partial charge in [0.2, 0.25) is 0 Å². The minimum absolute atomic E-state index is 0.275. The molecular weight excluding hydrogens is 210 g/mol. The fourth-order valence-corrected chi connectivity index (χ4v) is 2.13. The molecule has 2 unspecified atom stereocenters. The maximum atomic E-state index is 10.5. The second-order valence-electron chi connectivity index (χ2n) is 3.33. The number of benzene rings is 1. The molecule has 15 heavy (non-hydrogen) atoms. The van der Waals surface area contributed by atoms with E-state index in [1.54, 1.807) is 11.8 Å². The lowest BCUT2D eigenvalue weighted by Crippen LogP contribution is -2.32. The summed E-state index contributed by atoms with van der Waals surface area (Å²) in [5.41, 5.74) is 6.62. The molecule has 0 aliphatic rings. The Morgan fingerprint density at radius 3 is 2.60 bits per heavy atom. The molecule has 0 fully saturated rings. The second-order valence-corrected chi connectivity index (χ2v) is 4.70. The van der Waals surface area contributed by atoms with Gasteiger partial charge in [-0.3, -0.25) is 4.79 Å². The number of carboxylic acids is 1. The summed E-state index contributed by atoms with van der Waals surface area (Å²) >= 11 is 1.56. The normalized spacial score (nSPS) is 14.5. The van der Waals surface area contributed by atoms with E-state index in [9.17, 15) is 4.79 Å². The first-order valence-corrected chi connectivity index (χ1v) is 5.81. The smallest absolute Gasteiger partial charge is 0.321 e. The zero-order valence-corrected chi connectivity index (χ0v) is 9.41. The standard InChI is InChI=1S/C11H15NO2S/c1-8(9-5-3-2-4-6-9)15-7-10(12)11(13)14/h2-6,8,10H,7,12H2,1H3,(H,13,14). The van der Waals surface area contributed by atoms with Crippen LogP contribution < -0.4 is 5.73 Å². The maximum absolute atomic E-state index is 10.5. The molecule has 2 atom stereocenters. The molecule has 0 aromatic heterocycles. The van der Waals surface area contributed by atoms with Crippen LogP contribution in [0.25, 0.3) is 0 Å². The molecule has 1 aromatic rings. The van der Waals surface area contributed by atoms with Crippen LogP contribution in [0.2, 0.25) is 0 Å². The van der Waals surface area contributed by atoms with Crippen molar-refractivity contribution in [2.45, 2.75) is 18.2 Å². The summed E-state index contributed by atoms with van der Waals surface area (Å²) in [6.07, 6.45) is 0. The zero-order chi connectivity index (χ0) is 11.3. The molecule has 0 radical (unpaired) electrons. The molecule has 0 saturated carbocycles. The van der Waals surface area contributed by atoms with Gasteiger partial charge in [0.05, 0.1) is 0 Å². The number of carboxylic acid groups (broad SMARTS) is 1. The number of hydrogen-bond donors (Lipinski definition) is 2. The molecule has 0 spiro atoms. The molecule has 3 N–H and O–H groups in total. The van der Waals surface area contributed by atoms with Gasteiger partial charge in [0.1, 0.15) is 6.04 Å². The zero-order valence-electron chi connectivity index (χ0n) is 8.59. The molecule has 82 valence electrons. The highest BCUT2D eigenvalue weighted by Crippen LogP contribution is 2.27. The molecule has 0 saturated heterocycles. The fraction of sp³-hybridized carbons (Fsp3) is 0.364. The Hall–Kier alpha value is -1.00. The van der Waals surface area contributed by atoms with Gasteiger partial charge in [0, 0.05) is 11.0 Å². The molecule has 1 rings (SSSR count). The van der Waals surface area contributed by atoms with E-state index in [1.807, 2.05) is 30.3 Å². The molecule has 1 aromatic carbocycles. The van der Waals surface area contributed by atoms with Crippen LogP contribution in [0.5, 0.6) is 0 Å². The third-order valence-electron chi connectivity index (χ3n) is 2.11. The monoisotopic (exact) mass is 225 g/mol. The molecule has 0 aliphatic heterocycles. The molecule has 0 heterocycles. The van der Waals surface area contributed by atoms with Crippen molar-refractivity contribution < 1.29 is 9.90 Å². The van der Waals surface area contributed by atoms with Crippen LogP contribution in [-0.2, 0) is 4.79 Å². The summed E-state index contributed by atoms with van der Waals surface area (Å²) in [5.74, 6) is -0.506. The maximum Gasteiger partial charge on any atom is 0.321 e. The highest BCUT2D eigenvalue weighted by atomic mass is 32.2. The van der Waals surface area contributed by atoms with Crippen molar-refractivity contribution in [2.75, 3.05) is 5.75 Å². The van der Waals surface area contributed by atoms with Crippen LogP contribution in [0.3, 0.4) is 0 Å². The Morgan fingerprint density at radius 1 is 1.47 bits per heavy atom. The van der Waals surface area contributed by atoms with E-state index in [0.29, 0.717) is 5.75 Å². The molecule has 0 bridgehead atoms. The van der Waals surface area contributed by atoms with Crippen LogP contribution in [-0.4, -0.2) is 22.9 Å². The van der Waals surface area contributed by atoms with Crippen molar-refractivity contribution >= 4 is 17.7 Å². The number of thioether (sulfide) groups is 1. The fourth-order valence-electron chi connectivity index (χ4n) is 1.14. The number of nitrogens with two attached hydrogens (primary N) is 1. The van der Waals surface area contributed by atoms with Crippen LogP contribution in [0.15, 0.2) is 30.3 Å². The Labute approximate surface area is 93.7 Å². The minimum atomic E-state index is -0.942. The summed E-state index contributed by atoms with van der Waals surface area (Å²) in [5, 5.41) is 8.90. The van der Waals surface area contributed by atoms with Crippen molar-refractivity contribution in [3.63, 3.8) is 0 Å². The van der Waals surface area contributed by atoms with Gasteiger partial charge in [-0.15, -0.1) is 0 Å². The predicted molar refractivity (Wildman–Crippen MR) is 62.9 cm³/mol. The number of hydrogen-bond acceptors (Lipinski definition) is 3. The number of aliphatic carboxylic acids is 1. The van der Waals surface area contributed by atoms with Crippen LogP contribution in [0.1, 0.15) is 17.7 Å². The first-order valence-electron chi connectivity index (χ1n) is 4.76. The van der Waals surface area contributed by atoms with Crippen molar-refractivity contribution in [3.05, 3.63) is 35.9 Å². The second kappa shape index (κ2) is 5.78. The van der Waals surface area contributed by atoms with E-state index >= 15 is 0 Å². The van der Waals surface area contributed by atoms with Gasteiger partial charge in [-0.1, -0.05) is 30.3 Å². The van der Waals surface area contributed by atoms with Crippen LogP contribution >= 0.6 is 11.8 Å². The third-order valence-corrected chi connectivity index (χ3v) is 3.44. The topological polar surface area (TPSA) is 63.3 Å². The predicted octanol–water partition coefficient (Wildman–Crippen LogP) is 1.89. The third kappa shape index (κ3) is 3.93. The van der Waals surface area contributed by atoms with Crippen LogP contribution in [0, 0.1) is 0 Å². The van der Waals surface area contributed by atoms with Crippen molar-refractivity contribution in [2.24, 2.45) is 5.73 Å². The lowest BCUT2D eigenvalue weighted by atomic mass is 10.2. The Kier molecular flexibility index (Phi) is 4.65. The Balaban J connectivity index is 2.43. The van der Waals surface area contributed by atoms with E-state index in [-0.39, 0.29) is 5.25 Å². The summed E-state index contributed by atoms with van der Waals surface area (Å²) in [4.78, 5) is 10.5. The van der Waals surface area contributed by atoms with E-state index in [4.69, 9.17) is 10.8 Å². The largest absolute Gasteiger partial charge is 0.480 e. The van der Waals surface area contributed by atoms with Gasteiger partial charge in [0.15, 0.2) is 0 Å². The molecule has 4 heteroatoms. The number of carbonyl (C=O) groups is 1. The lowest BCUT2D eigenvalue weighted by Gasteiger charge is -2.13. The quantitative estimate of drug-likeness (QED) is 0.803. The Morgan fingerprint density at radius 2 is 2.07 bits per heavy atom. The van der Waals surface area contributed by atoms with E-state index in [1.165, 1.54) is 5.56 Å². The van der Waals surface area contributed by atoms with E-state index in [2.05, 4.69) is 6.92 Å². The van der Waals surface area contributed by atoms with Crippen molar-refractivity contribution in [1.29, 1.82) is 0 Å². The highest BCUT2D eigenvalue weighted by Gasteiger charge is 2.14. The first-order chi connectivity index (χ1) is 7.11. The Bertz CT molecular complexity index is 316. The van der Waals surface area contributed by atoms with Gasteiger partial charge in [-0.05, 0) is 12.5 Å². The summed E-state index contributed by atoms with van der Waals surface area (Å²) in [6, 6.07) is 9.20. The lowest BCUT2D eigenvalue weighted by molar-refractivity contribution is -0.137. The average Bonchev–Trinajstić information content (AvgIpc) is 2.26. The van der Waals surface area contributed by atoms with Gasteiger partial charge < -0.3 is 10.8 Å². The summed E-state index contributed by atoms with van der Waals surface area (Å²) < 4.78 is 0. The number of rotatable bonds is 5. The molecule has 3 nitrogen and oxygen atoms in total. The molecule has 0 amide bonds. The molecular formula is C11H15NO2S. The van der Waals surface area contributed by atoms with Gasteiger partial charge in [0.25, 0.3) is 0 Å². The van der Waals surface area contributed by atoms with E-state index in [0.717, 1.165) is 0 Å². The van der Waals surface area contributed by atoms with Crippen LogP contribution in [0.4, 0.5) is 0 Å². The van der Waals surface area contributed by atoms with Crippen molar-refractivity contribution in [1.82, 2.24) is 0 Å². The highest BCUT2D eigenvalue weighted by molar-refractivity contribution is 7.99.